The molecule has 0 aliphatic heterocycles. The fourth-order valence-electron chi connectivity index (χ4n) is 7.28. The van der Waals surface area contributed by atoms with Gasteiger partial charge in [0.05, 0.1) is 0 Å². The van der Waals surface area contributed by atoms with Gasteiger partial charge in [-0.2, -0.15) is 0 Å². The van der Waals surface area contributed by atoms with Gasteiger partial charge in [-0.15, -0.1) is 0 Å². The van der Waals surface area contributed by atoms with Crippen molar-refractivity contribution in [2.45, 2.75) is 258 Å². The Morgan fingerprint density at radius 3 is 0.809 bits per heavy atom. The Bertz CT molecular complexity index is 548. The van der Waals surface area contributed by atoms with Gasteiger partial charge in [-0.25, -0.2) is 0 Å². The number of hydrogen-bond donors (Lipinski definition) is 0. The first-order valence-corrected chi connectivity index (χ1v) is 21.6. The predicted octanol–water partition coefficient (Wildman–Crippen LogP) is 10.5. The molecule has 0 rings (SSSR count). The average molecular weight is 656 g/mol. The van der Waals surface area contributed by atoms with E-state index in [1.807, 2.05) is 0 Å². The van der Waals surface area contributed by atoms with Crippen molar-refractivity contribution >= 4 is 5.97 Å². The number of hydrogen-bond acceptors (Lipinski definition) is 3. The van der Waals surface area contributed by atoms with Crippen LogP contribution in [0.5, 0.6) is 0 Å². The van der Waals surface area contributed by atoms with Gasteiger partial charge in [0, 0.05) is 18.4 Å². The van der Waals surface area contributed by atoms with Crippen molar-refractivity contribution in [3.05, 3.63) is 0 Å². The van der Waals surface area contributed by atoms with Crippen LogP contribution in [0.4, 0.5) is 0 Å². The smallest absolute Gasteiger partial charge is 0.550 e. The molecule has 0 aliphatic carbocycles. The van der Waals surface area contributed by atoms with Gasteiger partial charge in [0.15, 0.2) is 0 Å². The molecule has 276 valence electrons. The zero-order chi connectivity index (χ0) is 33.6. The van der Waals surface area contributed by atoms with Crippen molar-refractivity contribution in [3.8, 4) is 0 Å². The third-order valence-corrected chi connectivity index (χ3v) is 10.5. The van der Waals surface area contributed by atoms with Crippen LogP contribution < -0.4 is 24.0 Å². The number of rotatable bonds is 40. The Hall–Kier alpha value is 0.0274. The number of unbranched alkanes of at least 4 members (excludes halogenated alkanes) is 32. The van der Waals surface area contributed by atoms with Crippen LogP contribution in [0, 0.1) is 0 Å². The van der Waals surface area contributed by atoms with Gasteiger partial charge in [-0.1, -0.05) is 226 Å². The zero-order valence-electron chi connectivity index (χ0n) is 33.2. The number of nitrogens with zero attached hydrogens (tertiary/aromatic N) is 1. The molecule has 0 aromatic heterocycles. The summed E-state index contributed by atoms with van der Waals surface area (Å²) in [5, 5.41) is 11.4. The number of carboxylic acid groups (broad SMARTS) is 1. The standard InChI is InChI=1S/C43H87NO2.Li/c1-4-7-9-11-13-15-17-19-21-23-25-27-29-31-33-35-37-39-44(42(6-3)41-43(45)46)40-38-36-34-32-30-28-26-24-22-20-18-16-14-12-10-8-5-2;/h42H,4-41H2,1-3H3,(H,45,46);/q;+1/p-1. The van der Waals surface area contributed by atoms with Crippen LogP contribution in [0.3, 0.4) is 0 Å². The van der Waals surface area contributed by atoms with Crippen molar-refractivity contribution in [2.24, 2.45) is 0 Å². The third-order valence-electron chi connectivity index (χ3n) is 10.5. The van der Waals surface area contributed by atoms with Crippen LogP contribution in [-0.4, -0.2) is 30.0 Å². The molecule has 0 aromatic carbocycles. The fourth-order valence-corrected chi connectivity index (χ4v) is 7.28. The van der Waals surface area contributed by atoms with E-state index in [0.717, 1.165) is 19.5 Å². The summed E-state index contributed by atoms with van der Waals surface area (Å²) in [4.78, 5) is 13.9. The molecule has 1 unspecified atom stereocenters. The van der Waals surface area contributed by atoms with Crippen LogP contribution in [0.25, 0.3) is 0 Å². The van der Waals surface area contributed by atoms with Gasteiger partial charge in [-0.3, -0.25) is 0 Å². The largest absolute Gasteiger partial charge is 1.00 e. The molecule has 0 aromatic rings. The normalized spacial score (nSPS) is 12.1. The molecule has 0 bridgehead atoms. The van der Waals surface area contributed by atoms with Crippen molar-refractivity contribution in [1.29, 1.82) is 0 Å². The SMILES string of the molecule is CCCCCCCCCCCCCCCCCCCN(CCCCCCCCCCCCCCCCCCC)C(CC)CC(=O)[O-].[Li+]. The molecule has 0 radical (unpaired) electrons. The topological polar surface area (TPSA) is 43.4 Å². The second kappa shape index (κ2) is 42.2. The molecule has 0 aliphatic rings. The first-order valence-electron chi connectivity index (χ1n) is 21.6. The van der Waals surface area contributed by atoms with E-state index in [-0.39, 0.29) is 31.3 Å². The van der Waals surface area contributed by atoms with E-state index in [1.165, 1.54) is 218 Å². The summed E-state index contributed by atoms with van der Waals surface area (Å²) >= 11 is 0. The van der Waals surface area contributed by atoms with Gasteiger partial charge in [-0.05, 0) is 32.4 Å². The minimum Gasteiger partial charge on any atom is -0.550 e. The maximum atomic E-state index is 11.4. The van der Waals surface area contributed by atoms with E-state index >= 15 is 0 Å². The average Bonchev–Trinajstić information content (AvgIpc) is 3.05. The zero-order valence-corrected chi connectivity index (χ0v) is 33.2. The molecule has 47 heavy (non-hydrogen) atoms. The Kier molecular flexibility index (Phi) is 44.1. The summed E-state index contributed by atoms with van der Waals surface area (Å²) in [7, 11) is 0. The quantitative estimate of drug-likeness (QED) is 0.0487. The summed E-state index contributed by atoms with van der Waals surface area (Å²) in [6.45, 7) is 8.85. The van der Waals surface area contributed by atoms with E-state index in [2.05, 4.69) is 25.7 Å². The molecule has 4 heteroatoms. The van der Waals surface area contributed by atoms with Gasteiger partial charge >= 0.3 is 18.9 Å². The summed E-state index contributed by atoms with van der Waals surface area (Å²) < 4.78 is 0. The van der Waals surface area contributed by atoms with Crippen molar-refractivity contribution in [3.63, 3.8) is 0 Å². The Morgan fingerprint density at radius 1 is 0.404 bits per heavy atom. The van der Waals surface area contributed by atoms with Crippen LogP contribution in [-0.2, 0) is 4.79 Å². The van der Waals surface area contributed by atoms with Gasteiger partial charge in [0.2, 0.25) is 0 Å². The van der Waals surface area contributed by atoms with Crippen molar-refractivity contribution < 1.29 is 28.8 Å². The van der Waals surface area contributed by atoms with Crippen LogP contribution in [0.2, 0.25) is 0 Å². The minimum absolute atomic E-state index is 0. The molecule has 0 amide bonds. The predicted molar refractivity (Wildman–Crippen MR) is 204 cm³/mol. The van der Waals surface area contributed by atoms with Crippen LogP contribution in [0.15, 0.2) is 0 Å². The van der Waals surface area contributed by atoms with Gasteiger partial charge in [0.1, 0.15) is 0 Å². The second-order valence-electron chi connectivity index (χ2n) is 15.0. The molecule has 0 spiro atoms. The van der Waals surface area contributed by atoms with E-state index < -0.39 is 5.97 Å². The molecular formula is C43H86LiNO2. The van der Waals surface area contributed by atoms with Crippen LogP contribution in [0.1, 0.15) is 252 Å². The van der Waals surface area contributed by atoms with E-state index in [0.29, 0.717) is 0 Å². The van der Waals surface area contributed by atoms with E-state index in [9.17, 15) is 9.90 Å². The molecule has 0 N–H and O–H groups in total. The second-order valence-corrected chi connectivity index (χ2v) is 15.0. The maximum absolute atomic E-state index is 11.4. The fraction of sp³-hybridized carbons (Fsp3) is 0.977. The number of aliphatic carboxylic acids is 1. The molecule has 3 nitrogen and oxygen atoms in total. The Balaban J connectivity index is 0. The monoisotopic (exact) mass is 656 g/mol. The third kappa shape index (κ3) is 38.7. The minimum atomic E-state index is -0.887. The van der Waals surface area contributed by atoms with Crippen molar-refractivity contribution in [2.75, 3.05) is 13.1 Å². The van der Waals surface area contributed by atoms with Gasteiger partial charge in [0.25, 0.3) is 0 Å². The summed E-state index contributed by atoms with van der Waals surface area (Å²) in [6, 6.07) is 0.145. The molecule has 0 saturated heterocycles. The number of carbonyl (C=O) groups is 1. The van der Waals surface area contributed by atoms with Gasteiger partial charge < -0.3 is 14.8 Å². The molecule has 0 fully saturated rings. The first-order chi connectivity index (χ1) is 22.7. The van der Waals surface area contributed by atoms with E-state index in [1.54, 1.807) is 0 Å². The summed E-state index contributed by atoms with van der Waals surface area (Å²) in [5.74, 6) is -0.887. The molecular weight excluding hydrogens is 569 g/mol. The Morgan fingerprint density at radius 2 is 0.617 bits per heavy atom. The summed E-state index contributed by atoms with van der Waals surface area (Å²) in [6.07, 6.45) is 48.6. The number of carbonyl (C=O) groups excluding carboxylic acids is 1. The van der Waals surface area contributed by atoms with Crippen molar-refractivity contribution in [1.82, 2.24) is 4.90 Å². The molecule has 1 atom stereocenters. The maximum Gasteiger partial charge on any atom is 1.00 e. The van der Waals surface area contributed by atoms with Crippen LogP contribution >= 0.6 is 0 Å². The van der Waals surface area contributed by atoms with E-state index in [4.69, 9.17) is 0 Å². The summed E-state index contributed by atoms with van der Waals surface area (Å²) in [5.41, 5.74) is 0. The molecule has 0 saturated carbocycles. The first kappa shape index (κ1) is 49.1. The Labute approximate surface area is 309 Å². The number of carboxylic acids is 1. The molecule has 0 heterocycles.